The molecule has 3 aromatic rings. The summed E-state index contributed by atoms with van der Waals surface area (Å²) in [7, 11) is 0. The van der Waals surface area contributed by atoms with Crippen LogP contribution in [0.15, 0.2) is 74.4 Å². The summed E-state index contributed by atoms with van der Waals surface area (Å²) in [5, 5.41) is 0.700. The Kier molecular flexibility index (Phi) is 5.50. The molecule has 0 aliphatic rings. The molecule has 128 valence electrons. The number of nitrogens with zero attached hydrogens (tertiary/aromatic N) is 2. The van der Waals surface area contributed by atoms with Crippen LogP contribution >= 0.6 is 11.8 Å². The van der Waals surface area contributed by atoms with E-state index in [0.29, 0.717) is 17.1 Å². The Hall–Kier alpha value is -2.60. The molecule has 3 rings (SSSR count). The summed E-state index contributed by atoms with van der Waals surface area (Å²) in [4.78, 5) is 31.8. The van der Waals surface area contributed by atoms with Crippen molar-refractivity contribution in [2.75, 3.05) is 0 Å². The summed E-state index contributed by atoms with van der Waals surface area (Å²) in [5.41, 5.74) is 1.01. The quantitative estimate of drug-likeness (QED) is 0.692. The number of rotatable bonds is 6. The molecule has 0 aliphatic carbocycles. The van der Waals surface area contributed by atoms with Crippen LogP contribution in [0.3, 0.4) is 0 Å². The second-order valence-electron chi connectivity index (χ2n) is 5.72. The fraction of sp³-hybridized carbons (Fsp3) is 0.211. The standard InChI is InChI=1S/C19H19N3O2S/c1-14-17(23)21-19(24)22(12-6-8-15-7-5-11-20-13-15)18(14)25-16-9-3-2-4-10-16/h2-5,7,9-11,13H,6,8,12H2,1H3,(H,21,23,24). The molecule has 0 radical (unpaired) electrons. The van der Waals surface area contributed by atoms with Gasteiger partial charge in [0, 0.05) is 29.4 Å². The summed E-state index contributed by atoms with van der Waals surface area (Å²) >= 11 is 1.45. The van der Waals surface area contributed by atoms with E-state index in [2.05, 4.69) is 9.97 Å². The van der Waals surface area contributed by atoms with Crippen molar-refractivity contribution in [1.82, 2.24) is 14.5 Å². The maximum atomic E-state index is 12.3. The molecule has 0 saturated carbocycles. The smallest absolute Gasteiger partial charge is 0.288 e. The zero-order valence-corrected chi connectivity index (χ0v) is 14.8. The number of aromatic nitrogens is 3. The van der Waals surface area contributed by atoms with Gasteiger partial charge in [0.1, 0.15) is 0 Å². The molecule has 1 N–H and O–H groups in total. The first-order valence-corrected chi connectivity index (χ1v) is 8.92. The summed E-state index contributed by atoms with van der Waals surface area (Å²) in [6.07, 6.45) is 5.20. The van der Waals surface area contributed by atoms with E-state index in [4.69, 9.17) is 0 Å². The first kappa shape index (κ1) is 17.2. The zero-order chi connectivity index (χ0) is 17.6. The number of aromatic amines is 1. The van der Waals surface area contributed by atoms with Crippen LogP contribution in [0, 0.1) is 6.92 Å². The Morgan fingerprint density at radius 1 is 1.12 bits per heavy atom. The lowest BCUT2D eigenvalue weighted by atomic mass is 10.1. The van der Waals surface area contributed by atoms with Gasteiger partial charge in [0.2, 0.25) is 0 Å². The third-order valence-corrected chi connectivity index (χ3v) is 5.13. The van der Waals surface area contributed by atoms with Gasteiger partial charge in [-0.1, -0.05) is 36.0 Å². The van der Waals surface area contributed by atoms with Gasteiger partial charge in [-0.3, -0.25) is 19.3 Å². The van der Waals surface area contributed by atoms with Gasteiger partial charge in [-0.05, 0) is 43.5 Å². The fourth-order valence-electron chi connectivity index (χ4n) is 2.57. The van der Waals surface area contributed by atoms with E-state index in [1.54, 1.807) is 17.7 Å². The minimum atomic E-state index is -0.361. The number of hydrogen-bond acceptors (Lipinski definition) is 4. The van der Waals surface area contributed by atoms with Crippen LogP contribution in [0.1, 0.15) is 17.5 Å². The van der Waals surface area contributed by atoms with E-state index in [0.717, 1.165) is 23.3 Å². The first-order valence-electron chi connectivity index (χ1n) is 8.10. The molecule has 0 amide bonds. The lowest BCUT2D eigenvalue weighted by molar-refractivity contribution is 0.554. The van der Waals surface area contributed by atoms with E-state index in [1.165, 1.54) is 11.8 Å². The van der Waals surface area contributed by atoms with Crippen molar-refractivity contribution < 1.29 is 0 Å². The second kappa shape index (κ2) is 7.98. The SMILES string of the molecule is Cc1c(Sc2ccccc2)n(CCCc2cccnc2)c(=O)[nH]c1=O. The van der Waals surface area contributed by atoms with Gasteiger partial charge in [0.25, 0.3) is 5.56 Å². The third kappa shape index (κ3) is 4.28. The summed E-state index contributed by atoms with van der Waals surface area (Å²) < 4.78 is 1.66. The van der Waals surface area contributed by atoms with Crippen LogP contribution in [-0.2, 0) is 13.0 Å². The molecule has 0 unspecified atom stereocenters. The lowest BCUT2D eigenvalue weighted by Crippen LogP contribution is -2.33. The Balaban J connectivity index is 1.85. The van der Waals surface area contributed by atoms with Gasteiger partial charge in [-0.15, -0.1) is 0 Å². The number of benzene rings is 1. The van der Waals surface area contributed by atoms with Gasteiger partial charge in [-0.25, -0.2) is 4.79 Å². The summed E-state index contributed by atoms with van der Waals surface area (Å²) in [6.45, 7) is 2.29. The van der Waals surface area contributed by atoms with E-state index in [-0.39, 0.29) is 11.2 Å². The van der Waals surface area contributed by atoms with Crippen molar-refractivity contribution in [1.29, 1.82) is 0 Å². The molecule has 0 aliphatic heterocycles. The van der Waals surface area contributed by atoms with Crippen LogP contribution in [0.25, 0.3) is 0 Å². The van der Waals surface area contributed by atoms with Gasteiger partial charge < -0.3 is 0 Å². The monoisotopic (exact) mass is 353 g/mol. The van der Waals surface area contributed by atoms with Gasteiger partial charge in [0.05, 0.1) is 5.03 Å². The molecule has 2 heterocycles. The molecule has 1 aromatic carbocycles. The molecule has 0 saturated heterocycles. The third-order valence-electron chi connectivity index (χ3n) is 3.90. The highest BCUT2D eigenvalue weighted by molar-refractivity contribution is 7.99. The zero-order valence-electron chi connectivity index (χ0n) is 13.9. The van der Waals surface area contributed by atoms with Crippen molar-refractivity contribution in [3.63, 3.8) is 0 Å². The molecule has 2 aromatic heterocycles. The number of hydrogen-bond donors (Lipinski definition) is 1. The Morgan fingerprint density at radius 2 is 1.92 bits per heavy atom. The second-order valence-corrected chi connectivity index (χ2v) is 6.78. The van der Waals surface area contributed by atoms with Crippen LogP contribution in [0.2, 0.25) is 0 Å². The number of H-pyrrole nitrogens is 1. The fourth-order valence-corrected chi connectivity index (χ4v) is 3.62. The topological polar surface area (TPSA) is 67.8 Å². The lowest BCUT2D eigenvalue weighted by Gasteiger charge is -2.14. The predicted molar refractivity (Wildman–Crippen MR) is 99.2 cm³/mol. The minimum absolute atomic E-state index is 0.327. The molecule has 0 fully saturated rings. The van der Waals surface area contributed by atoms with Crippen molar-refractivity contribution >= 4 is 11.8 Å². The number of nitrogens with one attached hydrogen (secondary N) is 1. The van der Waals surface area contributed by atoms with Crippen molar-refractivity contribution in [3.05, 3.63) is 86.8 Å². The molecule has 0 spiro atoms. The molecule has 6 heteroatoms. The number of pyridine rings is 1. The van der Waals surface area contributed by atoms with Gasteiger partial charge in [-0.2, -0.15) is 0 Å². The van der Waals surface area contributed by atoms with E-state index in [9.17, 15) is 9.59 Å². The van der Waals surface area contributed by atoms with E-state index < -0.39 is 0 Å². The Labute approximate surface area is 149 Å². The van der Waals surface area contributed by atoms with Crippen LogP contribution in [0.4, 0.5) is 0 Å². The predicted octanol–water partition coefficient (Wildman–Crippen LogP) is 3.02. The Bertz CT molecular complexity index is 950. The molecule has 0 atom stereocenters. The van der Waals surface area contributed by atoms with Crippen LogP contribution < -0.4 is 11.2 Å². The molecular formula is C19H19N3O2S. The van der Waals surface area contributed by atoms with Gasteiger partial charge in [0.15, 0.2) is 0 Å². The highest BCUT2D eigenvalue weighted by atomic mass is 32.2. The average Bonchev–Trinajstić information content (AvgIpc) is 2.63. The van der Waals surface area contributed by atoms with Crippen molar-refractivity contribution in [2.24, 2.45) is 0 Å². The largest absolute Gasteiger partial charge is 0.329 e. The van der Waals surface area contributed by atoms with Gasteiger partial charge >= 0.3 is 5.69 Å². The Morgan fingerprint density at radius 3 is 2.64 bits per heavy atom. The molecule has 25 heavy (non-hydrogen) atoms. The maximum Gasteiger partial charge on any atom is 0.329 e. The van der Waals surface area contributed by atoms with Crippen LogP contribution in [0.5, 0.6) is 0 Å². The normalized spacial score (nSPS) is 10.8. The van der Waals surface area contributed by atoms with Crippen LogP contribution in [-0.4, -0.2) is 14.5 Å². The van der Waals surface area contributed by atoms with E-state index >= 15 is 0 Å². The maximum absolute atomic E-state index is 12.3. The van der Waals surface area contributed by atoms with E-state index in [1.807, 2.05) is 48.7 Å². The van der Waals surface area contributed by atoms with Crippen molar-refractivity contribution in [2.45, 2.75) is 36.2 Å². The summed E-state index contributed by atoms with van der Waals surface area (Å²) in [6, 6.07) is 13.7. The minimum Gasteiger partial charge on any atom is -0.288 e. The summed E-state index contributed by atoms with van der Waals surface area (Å²) in [5.74, 6) is 0. The molecular weight excluding hydrogens is 334 g/mol. The highest BCUT2D eigenvalue weighted by Crippen LogP contribution is 2.28. The number of aryl methyl sites for hydroxylation is 1. The molecule has 5 nitrogen and oxygen atoms in total. The average molecular weight is 353 g/mol. The highest BCUT2D eigenvalue weighted by Gasteiger charge is 2.13. The first-order chi connectivity index (χ1) is 12.1. The van der Waals surface area contributed by atoms with Crippen molar-refractivity contribution in [3.8, 4) is 0 Å². The molecule has 0 bridgehead atoms.